The first-order valence-electron chi connectivity index (χ1n) is 10.4. The van der Waals surface area contributed by atoms with Gasteiger partial charge in [0, 0.05) is 44.4 Å². The van der Waals surface area contributed by atoms with Crippen molar-refractivity contribution in [2.75, 3.05) is 25.1 Å². The van der Waals surface area contributed by atoms with Gasteiger partial charge in [-0.2, -0.15) is 0 Å². The van der Waals surface area contributed by atoms with Crippen LogP contribution in [0.1, 0.15) is 32.1 Å². The van der Waals surface area contributed by atoms with Gasteiger partial charge in [0.15, 0.2) is 19.9 Å². The number of carbonyl (C=O) groups is 1. The van der Waals surface area contributed by atoms with E-state index in [0.717, 1.165) is 20.0 Å². The molecule has 2 amide bonds. The molecule has 2 rings (SSSR count). The molecule has 1 aliphatic heterocycles. The molecule has 1 aliphatic rings. The van der Waals surface area contributed by atoms with Gasteiger partial charge in [0.2, 0.25) is 6.29 Å². The maximum atomic E-state index is 11.9. The fourth-order valence-electron chi connectivity index (χ4n) is 3.01. The molecular weight excluding hydrogens is 455 g/mol. The van der Waals surface area contributed by atoms with Crippen molar-refractivity contribution in [3.05, 3.63) is 18.2 Å². The number of urea groups is 1. The van der Waals surface area contributed by atoms with Crippen LogP contribution in [0.5, 0.6) is 11.5 Å². The smallest absolute Gasteiger partial charge is 0.319 e. The molecule has 0 radical (unpaired) electrons. The summed E-state index contributed by atoms with van der Waals surface area (Å²) in [6, 6.07) is 3.74. The summed E-state index contributed by atoms with van der Waals surface area (Å²) in [5.74, 6) is 2.22. The zero-order chi connectivity index (χ0) is 24.8. The first-order chi connectivity index (χ1) is 15.8. The SMILES string of the molecule is C#CCCCCNC(=O)Nc1ccc(O[C@H]2OC(CCP(O)O)CC(O)C2O)c(O)c1.CO. The summed E-state index contributed by atoms with van der Waals surface area (Å²) in [7, 11) is -1.09. The quantitative estimate of drug-likeness (QED) is 0.134. The minimum atomic E-state index is -2.09. The van der Waals surface area contributed by atoms with Crippen LogP contribution in [0.4, 0.5) is 10.5 Å². The summed E-state index contributed by atoms with van der Waals surface area (Å²) in [5, 5.41) is 42.7. The fourth-order valence-corrected chi connectivity index (χ4v) is 3.53. The zero-order valence-electron chi connectivity index (χ0n) is 18.4. The van der Waals surface area contributed by atoms with Gasteiger partial charge < -0.3 is 50.3 Å². The molecule has 1 heterocycles. The molecule has 0 aliphatic carbocycles. The average Bonchev–Trinajstić information content (AvgIpc) is 2.78. The fraction of sp³-hybridized carbons (Fsp3) is 0.571. The number of unbranched alkanes of at least 4 members (excludes halogenated alkanes) is 2. The first kappa shape index (κ1) is 28.9. The van der Waals surface area contributed by atoms with Gasteiger partial charge >= 0.3 is 6.03 Å². The number of amides is 2. The Bertz CT molecular complexity index is 760. The van der Waals surface area contributed by atoms with Crippen LogP contribution in [0.3, 0.4) is 0 Å². The Labute approximate surface area is 194 Å². The van der Waals surface area contributed by atoms with Crippen molar-refractivity contribution < 1.29 is 44.5 Å². The summed E-state index contributed by atoms with van der Waals surface area (Å²) >= 11 is 0. The number of hydrogen-bond acceptors (Lipinski definition) is 9. The number of hydrogen-bond donors (Lipinski definition) is 8. The lowest BCUT2D eigenvalue weighted by atomic mass is 10.0. The molecule has 0 bridgehead atoms. The zero-order valence-corrected chi connectivity index (χ0v) is 19.3. The van der Waals surface area contributed by atoms with Crippen molar-refractivity contribution in [3.8, 4) is 23.8 Å². The highest BCUT2D eigenvalue weighted by Crippen LogP contribution is 2.34. The van der Waals surface area contributed by atoms with Gasteiger partial charge in [-0.15, -0.1) is 12.3 Å². The average molecular weight is 488 g/mol. The van der Waals surface area contributed by atoms with Crippen LogP contribution in [-0.2, 0) is 4.74 Å². The van der Waals surface area contributed by atoms with E-state index in [1.54, 1.807) is 0 Å². The summed E-state index contributed by atoms with van der Waals surface area (Å²) in [6.45, 7) is 0.468. The van der Waals surface area contributed by atoms with Crippen LogP contribution in [0.15, 0.2) is 18.2 Å². The Balaban J connectivity index is 0.00000265. The summed E-state index contributed by atoms with van der Waals surface area (Å²) in [6.07, 6.45) is 3.62. The second kappa shape index (κ2) is 15.6. The molecule has 8 N–H and O–H groups in total. The van der Waals surface area contributed by atoms with Gasteiger partial charge in [-0.25, -0.2) is 4.79 Å². The predicted octanol–water partition coefficient (Wildman–Crippen LogP) is 0.828. The number of phenols is 1. The van der Waals surface area contributed by atoms with Gasteiger partial charge in [0.25, 0.3) is 0 Å². The summed E-state index contributed by atoms with van der Waals surface area (Å²) in [5.41, 5.74) is 0.327. The topological polar surface area (TPSA) is 181 Å². The van der Waals surface area contributed by atoms with E-state index in [-0.39, 0.29) is 30.5 Å². The van der Waals surface area contributed by atoms with E-state index < -0.39 is 39.0 Å². The Morgan fingerprint density at radius 1 is 1.30 bits per heavy atom. The number of rotatable bonds is 10. The molecule has 1 aromatic rings. The lowest BCUT2D eigenvalue weighted by Gasteiger charge is -2.37. The normalized spacial score (nSPS) is 22.0. The predicted molar refractivity (Wildman–Crippen MR) is 123 cm³/mol. The third-order valence-corrected chi connectivity index (χ3v) is 5.31. The molecule has 1 saturated heterocycles. The molecule has 1 aromatic carbocycles. The van der Waals surface area contributed by atoms with E-state index in [4.69, 9.17) is 30.8 Å². The standard InChI is InChI=1S/C20H29N2O8P.CH4O/c1-2-3-4-5-9-21-20(26)22-13-6-7-17(15(23)11-13)30-19-18(25)16(24)12-14(29-19)8-10-31(27)28;1-2/h1,6-7,11,14,16,18-19,23-25,27-28H,3-5,8-10,12H2,(H2,21,22,26);2H,1H3/t14?,16?,18?,19-;/m1./s1. The lowest BCUT2D eigenvalue weighted by Crippen LogP contribution is -2.51. The number of anilines is 1. The van der Waals surface area contributed by atoms with Crippen molar-refractivity contribution >= 4 is 20.1 Å². The van der Waals surface area contributed by atoms with Crippen LogP contribution < -0.4 is 15.4 Å². The molecule has 0 saturated carbocycles. The van der Waals surface area contributed by atoms with E-state index in [1.165, 1.54) is 18.2 Å². The molecule has 3 unspecified atom stereocenters. The van der Waals surface area contributed by atoms with E-state index in [1.807, 2.05) is 0 Å². The Morgan fingerprint density at radius 3 is 2.67 bits per heavy atom. The minimum Gasteiger partial charge on any atom is -0.504 e. The number of aliphatic hydroxyl groups excluding tert-OH is 3. The molecule has 12 heteroatoms. The molecule has 33 heavy (non-hydrogen) atoms. The number of carbonyl (C=O) groups excluding carboxylic acids is 1. The van der Waals surface area contributed by atoms with Crippen LogP contribution in [-0.4, -0.2) is 80.7 Å². The third-order valence-electron chi connectivity index (χ3n) is 4.65. The monoisotopic (exact) mass is 488 g/mol. The molecular formula is C21H33N2O9P. The van der Waals surface area contributed by atoms with Crippen molar-refractivity contribution in [2.24, 2.45) is 0 Å². The second-order valence-electron chi connectivity index (χ2n) is 7.15. The number of aliphatic hydroxyl groups is 3. The van der Waals surface area contributed by atoms with Crippen LogP contribution in [0.2, 0.25) is 0 Å². The maximum Gasteiger partial charge on any atom is 0.319 e. The Hall–Kier alpha value is -2.16. The number of phenolic OH excluding ortho intramolecular Hbond substituents is 1. The molecule has 4 atom stereocenters. The van der Waals surface area contributed by atoms with Gasteiger partial charge in [0.05, 0.1) is 12.2 Å². The Morgan fingerprint density at radius 2 is 2.03 bits per heavy atom. The number of terminal acetylenes is 1. The molecule has 0 aromatic heterocycles. The second-order valence-corrected chi connectivity index (χ2v) is 8.34. The van der Waals surface area contributed by atoms with E-state index in [2.05, 4.69) is 16.6 Å². The largest absolute Gasteiger partial charge is 0.504 e. The number of benzene rings is 1. The third kappa shape index (κ3) is 10.5. The van der Waals surface area contributed by atoms with Gasteiger partial charge in [-0.3, -0.25) is 0 Å². The van der Waals surface area contributed by atoms with Crippen LogP contribution in [0, 0.1) is 12.3 Å². The minimum absolute atomic E-state index is 0.0105. The maximum absolute atomic E-state index is 11.9. The van der Waals surface area contributed by atoms with Crippen molar-refractivity contribution in [2.45, 2.75) is 56.7 Å². The molecule has 0 spiro atoms. The van der Waals surface area contributed by atoms with Crippen molar-refractivity contribution in [3.63, 3.8) is 0 Å². The number of aromatic hydroxyl groups is 1. The van der Waals surface area contributed by atoms with Gasteiger partial charge in [-0.05, 0) is 31.4 Å². The van der Waals surface area contributed by atoms with Crippen molar-refractivity contribution in [1.29, 1.82) is 0 Å². The first-order valence-corrected chi connectivity index (χ1v) is 11.8. The van der Waals surface area contributed by atoms with Crippen LogP contribution in [0.25, 0.3) is 0 Å². The highest BCUT2D eigenvalue weighted by Gasteiger charge is 2.38. The number of ether oxygens (including phenoxy) is 2. The highest BCUT2D eigenvalue weighted by molar-refractivity contribution is 7.45. The van der Waals surface area contributed by atoms with E-state index in [9.17, 15) is 20.1 Å². The summed E-state index contributed by atoms with van der Waals surface area (Å²) < 4.78 is 11.1. The van der Waals surface area contributed by atoms with Gasteiger partial charge in [-0.1, -0.05) is 0 Å². The van der Waals surface area contributed by atoms with Crippen LogP contribution >= 0.6 is 8.38 Å². The molecule has 11 nitrogen and oxygen atoms in total. The van der Waals surface area contributed by atoms with E-state index in [0.29, 0.717) is 18.7 Å². The van der Waals surface area contributed by atoms with Crippen molar-refractivity contribution in [1.82, 2.24) is 5.32 Å². The number of nitrogens with one attached hydrogen (secondary N) is 2. The lowest BCUT2D eigenvalue weighted by molar-refractivity contribution is -0.235. The Kier molecular flexibility index (Phi) is 13.7. The van der Waals surface area contributed by atoms with Gasteiger partial charge in [0.1, 0.15) is 6.10 Å². The summed E-state index contributed by atoms with van der Waals surface area (Å²) in [4.78, 5) is 30.0. The van der Waals surface area contributed by atoms with E-state index >= 15 is 0 Å². The highest BCUT2D eigenvalue weighted by atomic mass is 31.2. The molecule has 1 fully saturated rings. The molecule has 186 valence electrons.